The van der Waals surface area contributed by atoms with Crippen LogP contribution in [0.2, 0.25) is 0 Å². The molecule has 1 aromatic carbocycles. The van der Waals surface area contributed by atoms with E-state index in [4.69, 9.17) is 10.5 Å². The second-order valence-electron chi connectivity index (χ2n) is 8.30. The first-order chi connectivity index (χ1) is 13.1. The van der Waals surface area contributed by atoms with Crippen molar-refractivity contribution in [1.29, 1.82) is 0 Å². The van der Waals surface area contributed by atoms with Crippen molar-refractivity contribution in [3.8, 4) is 5.75 Å². The van der Waals surface area contributed by atoms with Crippen molar-refractivity contribution in [2.24, 2.45) is 5.73 Å². The zero-order chi connectivity index (χ0) is 18.4. The molecule has 5 rings (SSSR count). The number of fused-ring (bicyclic) bond motifs is 2. The van der Waals surface area contributed by atoms with E-state index in [1.165, 1.54) is 36.8 Å². The molecule has 2 heterocycles. The lowest BCUT2D eigenvalue weighted by molar-refractivity contribution is 0.176. The number of pyridine rings is 1. The molecule has 0 radical (unpaired) electrons. The van der Waals surface area contributed by atoms with Gasteiger partial charge in [-0.3, -0.25) is 4.40 Å². The molecular formula is C22H26N4O. The van der Waals surface area contributed by atoms with Crippen LogP contribution in [-0.4, -0.2) is 14.6 Å². The molecule has 0 spiro atoms. The molecule has 2 aromatic heterocycles. The van der Waals surface area contributed by atoms with Crippen LogP contribution in [-0.2, 0) is 5.41 Å². The third-order valence-electron chi connectivity index (χ3n) is 6.38. The molecule has 5 heteroatoms. The molecule has 2 aliphatic rings. The van der Waals surface area contributed by atoms with Crippen molar-refractivity contribution in [2.45, 2.75) is 63.0 Å². The fourth-order valence-corrected chi connectivity index (χ4v) is 4.80. The van der Waals surface area contributed by atoms with Crippen LogP contribution in [0.4, 0.5) is 0 Å². The van der Waals surface area contributed by atoms with Gasteiger partial charge in [-0.2, -0.15) is 0 Å². The van der Waals surface area contributed by atoms with Gasteiger partial charge in [0, 0.05) is 11.5 Å². The summed E-state index contributed by atoms with van der Waals surface area (Å²) in [7, 11) is 0. The molecular weight excluding hydrogens is 336 g/mol. The van der Waals surface area contributed by atoms with Gasteiger partial charge in [-0.05, 0) is 48.9 Å². The van der Waals surface area contributed by atoms with Crippen molar-refractivity contribution < 1.29 is 4.74 Å². The summed E-state index contributed by atoms with van der Waals surface area (Å²) < 4.78 is 8.55. The highest BCUT2D eigenvalue weighted by atomic mass is 16.5. The molecule has 0 amide bonds. The summed E-state index contributed by atoms with van der Waals surface area (Å²) in [6, 6.07) is 12.5. The van der Waals surface area contributed by atoms with Gasteiger partial charge in [-0.15, -0.1) is 10.2 Å². The Labute approximate surface area is 159 Å². The van der Waals surface area contributed by atoms with Crippen molar-refractivity contribution in [3.05, 3.63) is 59.5 Å². The van der Waals surface area contributed by atoms with E-state index in [1.807, 2.05) is 12.1 Å². The summed E-state index contributed by atoms with van der Waals surface area (Å²) in [5.41, 5.74) is 9.71. The zero-order valence-corrected chi connectivity index (χ0v) is 15.8. The van der Waals surface area contributed by atoms with Gasteiger partial charge < -0.3 is 10.5 Å². The lowest BCUT2D eigenvalue weighted by atomic mass is 9.86. The summed E-state index contributed by atoms with van der Waals surface area (Å²) in [6.45, 7) is 2.31. The van der Waals surface area contributed by atoms with Crippen molar-refractivity contribution in [1.82, 2.24) is 14.6 Å². The Morgan fingerprint density at radius 1 is 1.04 bits per heavy atom. The van der Waals surface area contributed by atoms with Crippen molar-refractivity contribution in [3.63, 3.8) is 0 Å². The van der Waals surface area contributed by atoms with E-state index < -0.39 is 0 Å². The molecule has 5 nitrogen and oxygen atoms in total. The Bertz CT molecular complexity index is 973. The standard InChI is InChI=1S/C22H26N4O/c1-22(12-4-5-13-22)21-25-24-20-11-8-15(14-26(20)21)27-19-10-9-18(23)16-6-2-3-7-17(16)19/h2-3,6-8,11,14,18-19H,4-5,9-10,12-13,23H2,1H3/t18-,19+/m0/s1. The van der Waals surface area contributed by atoms with E-state index in [9.17, 15) is 0 Å². The van der Waals surface area contributed by atoms with Crippen LogP contribution in [0.5, 0.6) is 5.75 Å². The van der Waals surface area contributed by atoms with E-state index in [2.05, 4.69) is 52.0 Å². The second kappa shape index (κ2) is 6.34. The average molecular weight is 362 g/mol. The summed E-state index contributed by atoms with van der Waals surface area (Å²) in [5.74, 6) is 1.92. The monoisotopic (exact) mass is 362 g/mol. The van der Waals surface area contributed by atoms with E-state index >= 15 is 0 Å². The van der Waals surface area contributed by atoms with Gasteiger partial charge in [0.25, 0.3) is 0 Å². The topological polar surface area (TPSA) is 65.4 Å². The number of ether oxygens (including phenoxy) is 1. The number of nitrogens with two attached hydrogens (primary N) is 1. The van der Waals surface area contributed by atoms with Gasteiger partial charge in [-0.1, -0.05) is 44.0 Å². The number of benzene rings is 1. The van der Waals surface area contributed by atoms with E-state index in [0.29, 0.717) is 0 Å². The minimum absolute atomic E-state index is 0.0421. The number of rotatable bonds is 3. The maximum absolute atomic E-state index is 6.43. The molecule has 2 N–H and O–H groups in total. The van der Waals surface area contributed by atoms with Crippen LogP contribution in [0.25, 0.3) is 5.65 Å². The Kier molecular flexibility index (Phi) is 3.93. The zero-order valence-electron chi connectivity index (χ0n) is 15.8. The summed E-state index contributed by atoms with van der Waals surface area (Å²) in [6.07, 6.45) is 8.86. The highest BCUT2D eigenvalue weighted by Gasteiger charge is 2.35. The van der Waals surface area contributed by atoms with Gasteiger partial charge >= 0.3 is 0 Å². The molecule has 27 heavy (non-hydrogen) atoms. The molecule has 0 unspecified atom stereocenters. The molecule has 0 saturated heterocycles. The summed E-state index contributed by atoms with van der Waals surface area (Å²) >= 11 is 0. The fraction of sp³-hybridized carbons (Fsp3) is 0.455. The third kappa shape index (κ3) is 2.81. The quantitative estimate of drug-likeness (QED) is 0.746. The molecule has 1 fully saturated rings. The Morgan fingerprint density at radius 3 is 2.63 bits per heavy atom. The predicted molar refractivity (Wildman–Crippen MR) is 105 cm³/mol. The van der Waals surface area contributed by atoms with Crippen LogP contribution in [0.15, 0.2) is 42.6 Å². The van der Waals surface area contributed by atoms with Crippen LogP contribution in [0.3, 0.4) is 0 Å². The van der Waals surface area contributed by atoms with E-state index in [1.54, 1.807) is 0 Å². The molecule has 1 saturated carbocycles. The van der Waals surface area contributed by atoms with Crippen molar-refractivity contribution in [2.75, 3.05) is 0 Å². The number of hydrogen-bond acceptors (Lipinski definition) is 4. The summed E-state index contributed by atoms with van der Waals surface area (Å²) in [5, 5.41) is 8.91. The number of nitrogens with zero attached hydrogens (tertiary/aromatic N) is 3. The van der Waals surface area contributed by atoms with Crippen molar-refractivity contribution >= 4 is 5.65 Å². The molecule has 3 aromatic rings. The van der Waals surface area contributed by atoms with Gasteiger partial charge in [0.2, 0.25) is 0 Å². The van der Waals surface area contributed by atoms with Crippen LogP contribution in [0.1, 0.15) is 74.5 Å². The predicted octanol–water partition coefficient (Wildman–Crippen LogP) is 4.47. The molecule has 2 atom stereocenters. The van der Waals surface area contributed by atoms with Crippen LogP contribution >= 0.6 is 0 Å². The lowest BCUT2D eigenvalue weighted by Crippen LogP contribution is -2.23. The van der Waals surface area contributed by atoms with Gasteiger partial charge in [0.15, 0.2) is 5.65 Å². The molecule has 140 valence electrons. The normalized spacial score (nSPS) is 24.1. The second-order valence-corrected chi connectivity index (χ2v) is 8.30. The molecule has 0 aliphatic heterocycles. The first kappa shape index (κ1) is 16.8. The Hall–Kier alpha value is -2.40. The largest absolute Gasteiger partial charge is 0.484 e. The minimum atomic E-state index is 0.0421. The average Bonchev–Trinajstić information content (AvgIpc) is 3.31. The van der Waals surface area contributed by atoms with E-state index in [-0.39, 0.29) is 17.6 Å². The first-order valence-electron chi connectivity index (χ1n) is 10.0. The summed E-state index contributed by atoms with van der Waals surface area (Å²) in [4.78, 5) is 0. The van der Waals surface area contributed by atoms with E-state index in [0.717, 1.165) is 30.1 Å². The van der Waals surface area contributed by atoms with Crippen LogP contribution in [0, 0.1) is 0 Å². The Morgan fingerprint density at radius 2 is 1.81 bits per heavy atom. The maximum Gasteiger partial charge on any atom is 0.161 e. The highest BCUT2D eigenvalue weighted by molar-refractivity contribution is 5.43. The maximum atomic E-state index is 6.43. The van der Waals surface area contributed by atoms with Crippen LogP contribution < -0.4 is 10.5 Å². The Balaban J connectivity index is 1.49. The first-order valence-corrected chi connectivity index (χ1v) is 10.0. The molecule has 0 bridgehead atoms. The minimum Gasteiger partial charge on any atom is -0.484 e. The number of aromatic nitrogens is 3. The van der Waals surface area contributed by atoms with Gasteiger partial charge in [0.1, 0.15) is 17.7 Å². The van der Waals surface area contributed by atoms with Gasteiger partial charge in [-0.25, -0.2) is 0 Å². The smallest absolute Gasteiger partial charge is 0.161 e. The fourth-order valence-electron chi connectivity index (χ4n) is 4.80. The number of hydrogen-bond donors (Lipinski definition) is 1. The highest BCUT2D eigenvalue weighted by Crippen LogP contribution is 2.41. The third-order valence-corrected chi connectivity index (χ3v) is 6.38. The molecule has 2 aliphatic carbocycles. The van der Waals surface area contributed by atoms with Gasteiger partial charge in [0.05, 0.1) is 6.20 Å². The SMILES string of the molecule is CC1(c2nnc3ccc(O[C@@H]4CC[C@H](N)c5ccccc54)cn23)CCCC1. The lowest BCUT2D eigenvalue weighted by Gasteiger charge is -2.30.